The van der Waals surface area contributed by atoms with Crippen LogP contribution in [0.1, 0.15) is 6.42 Å². The molecule has 1 aromatic carbocycles. The Labute approximate surface area is 121 Å². The number of hydrogen-bond donors (Lipinski definition) is 3. The zero-order chi connectivity index (χ0) is 14.5. The highest BCUT2D eigenvalue weighted by atomic mass is 32.1. The van der Waals surface area contributed by atoms with Gasteiger partial charge in [-0.3, -0.25) is 0 Å². The van der Waals surface area contributed by atoms with Crippen LogP contribution in [0.2, 0.25) is 0 Å². The molecule has 6 nitrogen and oxygen atoms in total. The first-order valence-electron chi connectivity index (χ1n) is 6.30. The first-order valence-corrected chi connectivity index (χ1v) is 7.12. The Hall–Kier alpha value is -1.86. The van der Waals surface area contributed by atoms with Crippen molar-refractivity contribution in [3.8, 4) is 22.1 Å². The standard InChI is InChI=1S/C13H18N4O2S/c1-17(2)7-3-6-14-13-16-15-12(20-13)9-4-5-10(18)11(19)8-9/h4-5,8,18-19H,3,6-7H2,1-2H3,(H,14,16). The summed E-state index contributed by atoms with van der Waals surface area (Å²) in [6.45, 7) is 1.86. The lowest BCUT2D eigenvalue weighted by Gasteiger charge is -2.08. The molecule has 0 spiro atoms. The van der Waals surface area contributed by atoms with Crippen molar-refractivity contribution in [2.24, 2.45) is 0 Å². The maximum absolute atomic E-state index is 9.48. The molecular weight excluding hydrogens is 276 g/mol. The molecule has 0 aliphatic carbocycles. The predicted molar refractivity (Wildman–Crippen MR) is 80.3 cm³/mol. The zero-order valence-corrected chi connectivity index (χ0v) is 12.3. The third kappa shape index (κ3) is 3.82. The van der Waals surface area contributed by atoms with Crippen LogP contribution in [-0.2, 0) is 0 Å². The number of aromatic hydroxyl groups is 2. The molecule has 2 rings (SSSR count). The largest absolute Gasteiger partial charge is 0.504 e. The van der Waals surface area contributed by atoms with E-state index in [1.165, 1.54) is 23.5 Å². The fraction of sp³-hybridized carbons (Fsp3) is 0.385. The van der Waals surface area contributed by atoms with Gasteiger partial charge >= 0.3 is 0 Å². The van der Waals surface area contributed by atoms with Crippen molar-refractivity contribution in [2.45, 2.75) is 6.42 Å². The third-order valence-electron chi connectivity index (χ3n) is 2.71. The van der Waals surface area contributed by atoms with Gasteiger partial charge in [0.1, 0.15) is 5.01 Å². The summed E-state index contributed by atoms with van der Waals surface area (Å²) in [7, 11) is 4.08. The van der Waals surface area contributed by atoms with E-state index in [-0.39, 0.29) is 11.5 Å². The Bertz CT molecular complexity index is 571. The van der Waals surface area contributed by atoms with Crippen molar-refractivity contribution < 1.29 is 10.2 Å². The van der Waals surface area contributed by atoms with E-state index in [1.807, 2.05) is 14.1 Å². The number of phenolic OH excluding ortho intramolecular Hbond substituents is 2. The lowest BCUT2D eigenvalue weighted by Crippen LogP contribution is -2.16. The molecule has 0 bridgehead atoms. The van der Waals surface area contributed by atoms with E-state index in [2.05, 4.69) is 20.4 Å². The van der Waals surface area contributed by atoms with Crippen molar-refractivity contribution in [3.63, 3.8) is 0 Å². The maximum atomic E-state index is 9.48. The molecule has 0 aliphatic rings. The van der Waals surface area contributed by atoms with Crippen LogP contribution in [0.25, 0.3) is 10.6 Å². The monoisotopic (exact) mass is 294 g/mol. The van der Waals surface area contributed by atoms with E-state index in [9.17, 15) is 10.2 Å². The fourth-order valence-electron chi connectivity index (χ4n) is 1.66. The lowest BCUT2D eigenvalue weighted by molar-refractivity contribution is 0.404. The van der Waals surface area contributed by atoms with Crippen LogP contribution < -0.4 is 5.32 Å². The van der Waals surface area contributed by atoms with Crippen molar-refractivity contribution in [1.82, 2.24) is 15.1 Å². The predicted octanol–water partition coefficient (Wildman–Crippen LogP) is 1.98. The Kier molecular flexibility index (Phi) is 4.75. The van der Waals surface area contributed by atoms with Gasteiger partial charge in [-0.25, -0.2) is 0 Å². The van der Waals surface area contributed by atoms with Crippen LogP contribution >= 0.6 is 11.3 Å². The minimum absolute atomic E-state index is 0.139. The van der Waals surface area contributed by atoms with Gasteiger partial charge in [0.25, 0.3) is 0 Å². The number of rotatable bonds is 6. The molecule has 0 radical (unpaired) electrons. The number of nitrogens with one attached hydrogen (secondary N) is 1. The van der Waals surface area contributed by atoms with Crippen LogP contribution in [0.4, 0.5) is 5.13 Å². The molecule has 0 saturated carbocycles. The molecule has 0 aliphatic heterocycles. The van der Waals surface area contributed by atoms with Gasteiger partial charge in [-0.05, 0) is 45.3 Å². The van der Waals surface area contributed by atoms with Crippen LogP contribution in [-0.4, -0.2) is 52.5 Å². The summed E-state index contributed by atoms with van der Waals surface area (Å²) >= 11 is 1.42. The second-order valence-electron chi connectivity index (χ2n) is 4.70. The average Bonchev–Trinajstić information content (AvgIpc) is 2.86. The van der Waals surface area contributed by atoms with Gasteiger partial charge in [-0.2, -0.15) is 0 Å². The van der Waals surface area contributed by atoms with Gasteiger partial charge in [0.05, 0.1) is 0 Å². The highest BCUT2D eigenvalue weighted by Crippen LogP contribution is 2.32. The summed E-state index contributed by atoms with van der Waals surface area (Å²) in [6, 6.07) is 4.62. The lowest BCUT2D eigenvalue weighted by atomic mass is 10.2. The number of phenols is 2. The van der Waals surface area contributed by atoms with Crippen LogP contribution in [0.15, 0.2) is 18.2 Å². The Morgan fingerprint density at radius 1 is 1.20 bits per heavy atom. The molecule has 1 heterocycles. The summed E-state index contributed by atoms with van der Waals surface area (Å²) in [5.74, 6) is -0.293. The molecule has 108 valence electrons. The van der Waals surface area contributed by atoms with E-state index in [1.54, 1.807) is 6.07 Å². The van der Waals surface area contributed by atoms with Gasteiger partial charge in [0.2, 0.25) is 5.13 Å². The average molecular weight is 294 g/mol. The number of anilines is 1. The third-order valence-corrected chi connectivity index (χ3v) is 3.64. The number of nitrogens with zero attached hydrogens (tertiary/aromatic N) is 3. The Morgan fingerprint density at radius 3 is 2.70 bits per heavy atom. The van der Waals surface area contributed by atoms with Gasteiger partial charge in [-0.15, -0.1) is 10.2 Å². The summed E-state index contributed by atoms with van der Waals surface area (Å²) < 4.78 is 0. The SMILES string of the molecule is CN(C)CCCNc1nnc(-c2ccc(O)c(O)c2)s1. The highest BCUT2D eigenvalue weighted by Gasteiger charge is 2.08. The molecule has 0 fully saturated rings. The van der Waals surface area contributed by atoms with Crippen LogP contribution in [0, 0.1) is 0 Å². The quantitative estimate of drug-likeness (QED) is 0.558. The van der Waals surface area contributed by atoms with Crippen molar-refractivity contribution in [3.05, 3.63) is 18.2 Å². The van der Waals surface area contributed by atoms with E-state index >= 15 is 0 Å². The number of hydrogen-bond acceptors (Lipinski definition) is 7. The van der Waals surface area contributed by atoms with Crippen molar-refractivity contribution >= 4 is 16.5 Å². The topological polar surface area (TPSA) is 81.5 Å². The van der Waals surface area contributed by atoms with Gasteiger partial charge in [-0.1, -0.05) is 11.3 Å². The molecule has 0 atom stereocenters. The van der Waals surface area contributed by atoms with Gasteiger partial charge < -0.3 is 20.4 Å². The maximum Gasteiger partial charge on any atom is 0.206 e. The Balaban J connectivity index is 1.96. The summed E-state index contributed by atoms with van der Waals surface area (Å²) in [5.41, 5.74) is 0.735. The number of benzene rings is 1. The molecule has 2 aromatic rings. The first-order chi connectivity index (χ1) is 9.56. The molecule has 0 unspecified atom stereocenters. The van der Waals surface area contributed by atoms with Crippen LogP contribution in [0.3, 0.4) is 0 Å². The molecule has 7 heteroatoms. The van der Waals surface area contributed by atoms with E-state index in [0.29, 0.717) is 5.01 Å². The Morgan fingerprint density at radius 2 is 2.00 bits per heavy atom. The second-order valence-corrected chi connectivity index (χ2v) is 5.68. The second kappa shape index (κ2) is 6.53. The van der Waals surface area contributed by atoms with Crippen LogP contribution in [0.5, 0.6) is 11.5 Å². The zero-order valence-electron chi connectivity index (χ0n) is 11.5. The van der Waals surface area contributed by atoms with Gasteiger partial charge in [0, 0.05) is 12.1 Å². The summed E-state index contributed by atoms with van der Waals surface area (Å²) in [6.07, 6.45) is 1.03. The van der Waals surface area contributed by atoms with Gasteiger partial charge in [0.15, 0.2) is 11.5 Å². The van der Waals surface area contributed by atoms with E-state index in [0.717, 1.165) is 30.2 Å². The first kappa shape index (κ1) is 14.5. The minimum Gasteiger partial charge on any atom is -0.504 e. The summed E-state index contributed by atoms with van der Waals surface area (Å²) in [5, 5.41) is 31.6. The van der Waals surface area contributed by atoms with E-state index < -0.39 is 0 Å². The molecule has 1 aromatic heterocycles. The normalized spacial score (nSPS) is 10.9. The van der Waals surface area contributed by atoms with E-state index in [4.69, 9.17) is 0 Å². The molecule has 3 N–H and O–H groups in total. The summed E-state index contributed by atoms with van der Waals surface area (Å²) in [4.78, 5) is 2.13. The molecule has 0 amide bonds. The number of aromatic nitrogens is 2. The molecular formula is C13H18N4O2S. The van der Waals surface area contributed by atoms with Crippen molar-refractivity contribution in [2.75, 3.05) is 32.5 Å². The molecule has 20 heavy (non-hydrogen) atoms. The molecule has 0 saturated heterocycles. The van der Waals surface area contributed by atoms with Crippen molar-refractivity contribution in [1.29, 1.82) is 0 Å². The smallest absolute Gasteiger partial charge is 0.206 e. The minimum atomic E-state index is -0.154. The fourth-order valence-corrected chi connectivity index (χ4v) is 2.42. The highest BCUT2D eigenvalue weighted by molar-refractivity contribution is 7.18.